The third-order valence-electron chi connectivity index (χ3n) is 3.40. The standard InChI is InChI=1S/C14H25N/c1-4-5-8-13-9-6-7-10-14(13)11-15-12(2)3/h12-15H,6-11H2,1-3H3. The molecular formula is C14H25N. The van der Waals surface area contributed by atoms with Crippen LogP contribution in [-0.4, -0.2) is 12.6 Å². The summed E-state index contributed by atoms with van der Waals surface area (Å²) in [6.45, 7) is 7.59. The van der Waals surface area contributed by atoms with Crippen LogP contribution in [0.15, 0.2) is 0 Å². The molecule has 0 heterocycles. The van der Waals surface area contributed by atoms with Gasteiger partial charge in [-0.05, 0) is 38.1 Å². The van der Waals surface area contributed by atoms with Crippen LogP contribution in [-0.2, 0) is 0 Å². The fraction of sp³-hybridized carbons (Fsp3) is 0.857. The Bertz CT molecular complexity index is 221. The molecule has 1 nitrogen and oxygen atoms in total. The molecule has 2 unspecified atom stereocenters. The minimum absolute atomic E-state index is 0.616. The lowest BCUT2D eigenvalue weighted by Crippen LogP contribution is -2.34. The Kier molecular flexibility index (Phi) is 5.79. The molecule has 15 heavy (non-hydrogen) atoms. The molecule has 1 aliphatic rings. The summed E-state index contributed by atoms with van der Waals surface area (Å²) in [5.74, 6) is 8.00. The first-order valence-electron chi connectivity index (χ1n) is 6.37. The predicted molar refractivity (Wildman–Crippen MR) is 66.7 cm³/mol. The predicted octanol–water partition coefficient (Wildman–Crippen LogP) is 3.20. The Morgan fingerprint density at radius 1 is 1.20 bits per heavy atom. The summed E-state index contributed by atoms with van der Waals surface area (Å²) in [5.41, 5.74) is 0. The van der Waals surface area contributed by atoms with E-state index >= 15 is 0 Å². The van der Waals surface area contributed by atoms with E-state index < -0.39 is 0 Å². The van der Waals surface area contributed by atoms with Crippen LogP contribution < -0.4 is 5.32 Å². The van der Waals surface area contributed by atoms with Crippen molar-refractivity contribution in [3.05, 3.63) is 0 Å². The van der Waals surface area contributed by atoms with Crippen LogP contribution in [0, 0.1) is 23.7 Å². The summed E-state index contributed by atoms with van der Waals surface area (Å²) in [4.78, 5) is 0. The SMILES string of the molecule is CC#CCC1CCCCC1CNC(C)C. The quantitative estimate of drug-likeness (QED) is 0.698. The van der Waals surface area contributed by atoms with Gasteiger partial charge in [0.2, 0.25) is 0 Å². The smallest absolute Gasteiger partial charge is 0.0120 e. The van der Waals surface area contributed by atoms with E-state index in [1.165, 1.54) is 32.2 Å². The van der Waals surface area contributed by atoms with Crippen LogP contribution in [0.2, 0.25) is 0 Å². The van der Waals surface area contributed by atoms with Crippen molar-refractivity contribution in [2.45, 2.75) is 58.9 Å². The van der Waals surface area contributed by atoms with Gasteiger partial charge < -0.3 is 5.32 Å². The zero-order chi connectivity index (χ0) is 11.1. The zero-order valence-electron chi connectivity index (χ0n) is 10.5. The summed E-state index contributed by atoms with van der Waals surface area (Å²) in [7, 11) is 0. The Labute approximate surface area is 95.0 Å². The fourth-order valence-corrected chi connectivity index (χ4v) is 2.44. The highest BCUT2D eigenvalue weighted by Gasteiger charge is 2.23. The monoisotopic (exact) mass is 207 g/mol. The summed E-state index contributed by atoms with van der Waals surface area (Å²) in [6, 6.07) is 0.616. The second-order valence-corrected chi connectivity index (χ2v) is 5.00. The van der Waals surface area contributed by atoms with Gasteiger partial charge in [-0.1, -0.05) is 26.7 Å². The number of rotatable bonds is 4. The Hall–Kier alpha value is -0.480. The maximum absolute atomic E-state index is 3.57. The highest BCUT2D eigenvalue weighted by molar-refractivity contribution is 4.98. The van der Waals surface area contributed by atoms with Crippen molar-refractivity contribution < 1.29 is 0 Å². The number of hydrogen-bond acceptors (Lipinski definition) is 1. The largest absolute Gasteiger partial charge is 0.314 e. The third-order valence-corrected chi connectivity index (χ3v) is 3.40. The van der Waals surface area contributed by atoms with Gasteiger partial charge in [0.1, 0.15) is 0 Å². The second kappa shape index (κ2) is 6.90. The first-order valence-corrected chi connectivity index (χ1v) is 6.37. The van der Waals surface area contributed by atoms with Gasteiger partial charge in [-0.2, -0.15) is 0 Å². The van der Waals surface area contributed by atoms with Gasteiger partial charge in [0, 0.05) is 12.5 Å². The maximum Gasteiger partial charge on any atom is 0.0120 e. The second-order valence-electron chi connectivity index (χ2n) is 5.00. The molecule has 1 fully saturated rings. The molecule has 0 aliphatic heterocycles. The highest BCUT2D eigenvalue weighted by Crippen LogP contribution is 2.31. The van der Waals surface area contributed by atoms with E-state index in [2.05, 4.69) is 31.0 Å². The van der Waals surface area contributed by atoms with E-state index in [0.717, 1.165) is 18.3 Å². The van der Waals surface area contributed by atoms with Gasteiger partial charge in [0.15, 0.2) is 0 Å². The van der Waals surface area contributed by atoms with Crippen LogP contribution >= 0.6 is 0 Å². The Morgan fingerprint density at radius 2 is 1.87 bits per heavy atom. The molecule has 0 aromatic rings. The highest BCUT2D eigenvalue weighted by atomic mass is 14.9. The number of nitrogens with one attached hydrogen (secondary N) is 1. The molecule has 1 saturated carbocycles. The topological polar surface area (TPSA) is 12.0 Å². The van der Waals surface area contributed by atoms with E-state index in [4.69, 9.17) is 0 Å². The maximum atomic E-state index is 3.57. The Morgan fingerprint density at radius 3 is 2.47 bits per heavy atom. The molecule has 1 N–H and O–H groups in total. The van der Waals surface area contributed by atoms with Crippen LogP contribution in [0.5, 0.6) is 0 Å². The van der Waals surface area contributed by atoms with Gasteiger partial charge >= 0.3 is 0 Å². The van der Waals surface area contributed by atoms with Crippen molar-refractivity contribution in [2.24, 2.45) is 11.8 Å². The molecule has 0 aromatic carbocycles. The average molecular weight is 207 g/mol. The average Bonchev–Trinajstić information content (AvgIpc) is 2.24. The molecular weight excluding hydrogens is 182 g/mol. The zero-order valence-corrected chi connectivity index (χ0v) is 10.5. The molecule has 2 atom stereocenters. The molecule has 0 aromatic heterocycles. The molecule has 86 valence electrons. The van der Waals surface area contributed by atoms with Gasteiger partial charge in [-0.3, -0.25) is 0 Å². The van der Waals surface area contributed by atoms with Gasteiger partial charge in [-0.15, -0.1) is 11.8 Å². The van der Waals surface area contributed by atoms with E-state index in [9.17, 15) is 0 Å². The van der Waals surface area contributed by atoms with Crippen molar-refractivity contribution in [2.75, 3.05) is 6.54 Å². The minimum atomic E-state index is 0.616. The minimum Gasteiger partial charge on any atom is -0.314 e. The molecule has 0 amide bonds. The summed E-state index contributed by atoms with van der Waals surface area (Å²) < 4.78 is 0. The Balaban J connectivity index is 2.37. The van der Waals surface area contributed by atoms with Crippen LogP contribution in [0.4, 0.5) is 0 Å². The van der Waals surface area contributed by atoms with Crippen molar-refractivity contribution in [3.8, 4) is 11.8 Å². The van der Waals surface area contributed by atoms with E-state index in [-0.39, 0.29) is 0 Å². The van der Waals surface area contributed by atoms with Crippen molar-refractivity contribution in [3.63, 3.8) is 0 Å². The number of hydrogen-bond donors (Lipinski definition) is 1. The normalized spacial score (nSPS) is 26.1. The summed E-state index contributed by atoms with van der Waals surface area (Å²) in [6.07, 6.45) is 6.73. The summed E-state index contributed by atoms with van der Waals surface area (Å²) >= 11 is 0. The molecule has 0 saturated heterocycles. The molecule has 1 aliphatic carbocycles. The van der Waals surface area contributed by atoms with E-state index in [1.807, 2.05) is 6.92 Å². The molecule has 0 bridgehead atoms. The lowest BCUT2D eigenvalue weighted by Gasteiger charge is -2.31. The van der Waals surface area contributed by atoms with Crippen molar-refractivity contribution >= 4 is 0 Å². The van der Waals surface area contributed by atoms with Gasteiger partial charge in [-0.25, -0.2) is 0 Å². The first-order chi connectivity index (χ1) is 7.24. The van der Waals surface area contributed by atoms with Crippen molar-refractivity contribution in [1.82, 2.24) is 5.32 Å². The van der Waals surface area contributed by atoms with Crippen molar-refractivity contribution in [1.29, 1.82) is 0 Å². The molecule has 0 radical (unpaired) electrons. The third kappa shape index (κ3) is 4.71. The van der Waals surface area contributed by atoms with Crippen LogP contribution in [0.1, 0.15) is 52.9 Å². The summed E-state index contributed by atoms with van der Waals surface area (Å²) in [5, 5.41) is 3.57. The van der Waals surface area contributed by atoms with Crippen LogP contribution in [0.3, 0.4) is 0 Å². The molecule has 1 heteroatoms. The lowest BCUT2D eigenvalue weighted by atomic mass is 9.77. The van der Waals surface area contributed by atoms with Gasteiger partial charge in [0.25, 0.3) is 0 Å². The molecule has 1 rings (SSSR count). The van der Waals surface area contributed by atoms with E-state index in [0.29, 0.717) is 6.04 Å². The lowest BCUT2D eigenvalue weighted by molar-refractivity contribution is 0.230. The van der Waals surface area contributed by atoms with Crippen LogP contribution in [0.25, 0.3) is 0 Å². The molecule has 0 spiro atoms. The van der Waals surface area contributed by atoms with Gasteiger partial charge in [0.05, 0.1) is 0 Å². The van der Waals surface area contributed by atoms with E-state index in [1.54, 1.807) is 0 Å². The first kappa shape index (κ1) is 12.6. The fourth-order valence-electron chi connectivity index (χ4n) is 2.44.